The molecule has 0 fully saturated rings. The van der Waals surface area contributed by atoms with Gasteiger partial charge in [-0.05, 0) is 55.5 Å². The molecule has 3 N–H and O–H groups in total. The van der Waals surface area contributed by atoms with Crippen LogP contribution >= 0.6 is 0 Å². The number of nitrogens with one attached hydrogen (secondary N) is 1. The van der Waals surface area contributed by atoms with Crippen LogP contribution in [0.5, 0.6) is 0 Å². The van der Waals surface area contributed by atoms with Gasteiger partial charge in [0.25, 0.3) is 0 Å². The Morgan fingerprint density at radius 3 is 2.46 bits per heavy atom. The number of aliphatic imine (C=N–C) groups is 1. The third-order valence-corrected chi connectivity index (χ3v) is 3.60. The summed E-state index contributed by atoms with van der Waals surface area (Å²) < 4.78 is 5.64. The zero-order chi connectivity index (χ0) is 17.2. The molecular formula is C20H27N3O. The summed E-state index contributed by atoms with van der Waals surface area (Å²) >= 11 is 0. The maximum absolute atomic E-state index is 5.92. The molecule has 0 aromatic heterocycles. The molecule has 0 radical (unpaired) electrons. The molecule has 24 heavy (non-hydrogen) atoms. The average Bonchev–Trinajstić information content (AvgIpc) is 2.54. The smallest absolute Gasteiger partial charge is 0.193 e. The highest BCUT2D eigenvalue weighted by atomic mass is 16.5. The van der Waals surface area contributed by atoms with E-state index in [-0.39, 0.29) is 0 Å². The molecule has 0 amide bonds. The van der Waals surface area contributed by atoms with E-state index in [0.717, 1.165) is 25.1 Å². The lowest BCUT2D eigenvalue weighted by atomic mass is 10.1. The molecule has 0 heterocycles. The molecule has 2 aromatic rings. The van der Waals surface area contributed by atoms with Gasteiger partial charge >= 0.3 is 0 Å². The van der Waals surface area contributed by atoms with Gasteiger partial charge in [0, 0.05) is 18.8 Å². The van der Waals surface area contributed by atoms with Gasteiger partial charge in [-0.3, -0.25) is 4.99 Å². The summed E-state index contributed by atoms with van der Waals surface area (Å²) in [4.78, 5) is 4.34. The van der Waals surface area contributed by atoms with Gasteiger partial charge < -0.3 is 15.8 Å². The number of anilines is 1. The van der Waals surface area contributed by atoms with E-state index in [0.29, 0.717) is 19.1 Å². The van der Waals surface area contributed by atoms with Crippen molar-refractivity contribution in [3.8, 4) is 0 Å². The normalized spacial score (nSPS) is 11.5. The van der Waals surface area contributed by atoms with Crippen molar-refractivity contribution in [3.05, 3.63) is 65.2 Å². The highest BCUT2D eigenvalue weighted by Crippen LogP contribution is 2.13. The van der Waals surface area contributed by atoms with Crippen LogP contribution < -0.4 is 11.1 Å². The maximum Gasteiger partial charge on any atom is 0.193 e. The standard InChI is InChI=1S/C20H27N3O/c1-16-13-17(2)15-19(14-16)23-20(21)22-10-6-11-24-12-9-18-7-4-3-5-8-18/h3-5,7-8,13-15H,6,9-12H2,1-2H3,(H3,21,22,23). The number of benzene rings is 2. The summed E-state index contributed by atoms with van der Waals surface area (Å²) in [6.45, 7) is 6.24. The van der Waals surface area contributed by atoms with Crippen LogP contribution in [0.3, 0.4) is 0 Å². The molecule has 0 atom stereocenters. The van der Waals surface area contributed by atoms with Crippen LogP contribution in [0.1, 0.15) is 23.1 Å². The van der Waals surface area contributed by atoms with Gasteiger partial charge in [-0.1, -0.05) is 36.4 Å². The van der Waals surface area contributed by atoms with Crippen molar-refractivity contribution in [2.24, 2.45) is 10.7 Å². The lowest BCUT2D eigenvalue weighted by Crippen LogP contribution is -2.23. The Hall–Kier alpha value is -2.33. The van der Waals surface area contributed by atoms with Gasteiger partial charge in [-0.2, -0.15) is 0 Å². The van der Waals surface area contributed by atoms with Gasteiger partial charge in [-0.15, -0.1) is 0 Å². The van der Waals surface area contributed by atoms with E-state index >= 15 is 0 Å². The summed E-state index contributed by atoms with van der Waals surface area (Å²) in [5.41, 5.74) is 10.6. The fourth-order valence-corrected chi connectivity index (χ4v) is 2.54. The van der Waals surface area contributed by atoms with E-state index in [1.165, 1.54) is 16.7 Å². The maximum atomic E-state index is 5.92. The second-order valence-corrected chi connectivity index (χ2v) is 5.97. The second kappa shape index (κ2) is 9.73. The van der Waals surface area contributed by atoms with E-state index in [2.05, 4.69) is 66.6 Å². The van der Waals surface area contributed by atoms with Crippen LogP contribution in [-0.2, 0) is 11.2 Å². The number of rotatable bonds is 8. The zero-order valence-electron chi connectivity index (χ0n) is 14.6. The lowest BCUT2D eigenvalue weighted by molar-refractivity contribution is 0.136. The predicted molar refractivity (Wildman–Crippen MR) is 102 cm³/mol. The van der Waals surface area contributed by atoms with Crippen LogP contribution in [0, 0.1) is 13.8 Å². The quantitative estimate of drug-likeness (QED) is 0.442. The number of guanidine groups is 1. The third-order valence-electron chi connectivity index (χ3n) is 3.60. The van der Waals surface area contributed by atoms with E-state index in [1.54, 1.807) is 0 Å². The molecule has 0 aliphatic rings. The van der Waals surface area contributed by atoms with E-state index in [9.17, 15) is 0 Å². The van der Waals surface area contributed by atoms with Gasteiger partial charge in [-0.25, -0.2) is 0 Å². The Kier molecular flexibility index (Phi) is 7.30. The first-order chi connectivity index (χ1) is 11.6. The number of nitrogens with zero attached hydrogens (tertiary/aromatic N) is 1. The van der Waals surface area contributed by atoms with Gasteiger partial charge in [0.2, 0.25) is 0 Å². The second-order valence-electron chi connectivity index (χ2n) is 5.97. The highest BCUT2D eigenvalue weighted by molar-refractivity contribution is 5.92. The molecule has 0 spiro atoms. The van der Waals surface area contributed by atoms with Crippen LogP contribution in [0.25, 0.3) is 0 Å². The van der Waals surface area contributed by atoms with Gasteiger partial charge in [0.1, 0.15) is 0 Å². The summed E-state index contributed by atoms with van der Waals surface area (Å²) in [5.74, 6) is 0.448. The molecule has 0 aliphatic heterocycles. The van der Waals surface area contributed by atoms with E-state index in [1.807, 2.05) is 6.07 Å². The first-order valence-electron chi connectivity index (χ1n) is 8.40. The zero-order valence-corrected chi connectivity index (χ0v) is 14.6. The summed E-state index contributed by atoms with van der Waals surface area (Å²) in [6, 6.07) is 16.6. The summed E-state index contributed by atoms with van der Waals surface area (Å²) in [7, 11) is 0. The topological polar surface area (TPSA) is 59.6 Å². The minimum Gasteiger partial charge on any atom is -0.381 e. The van der Waals surface area contributed by atoms with Crippen molar-refractivity contribution < 1.29 is 4.74 Å². The molecule has 4 nitrogen and oxygen atoms in total. The van der Waals surface area contributed by atoms with Crippen LogP contribution in [-0.4, -0.2) is 25.7 Å². The largest absolute Gasteiger partial charge is 0.381 e. The SMILES string of the molecule is Cc1cc(C)cc(NC(N)=NCCCOCCc2ccccc2)c1. The van der Waals surface area contributed by atoms with E-state index < -0.39 is 0 Å². The van der Waals surface area contributed by atoms with Crippen molar-refractivity contribution in [1.29, 1.82) is 0 Å². The lowest BCUT2D eigenvalue weighted by Gasteiger charge is -2.08. The molecule has 0 saturated heterocycles. The Morgan fingerprint density at radius 1 is 1.04 bits per heavy atom. The molecule has 0 bridgehead atoms. The predicted octanol–water partition coefficient (Wildman–Crippen LogP) is 3.68. The number of nitrogens with two attached hydrogens (primary N) is 1. The first-order valence-corrected chi connectivity index (χ1v) is 8.40. The average molecular weight is 325 g/mol. The van der Waals surface area contributed by atoms with E-state index in [4.69, 9.17) is 10.5 Å². The van der Waals surface area contributed by atoms with Crippen LogP contribution in [0.15, 0.2) is 53.5 Å². The van der Waals surface area contributed by atoms with Crippen LogP contribution in [0.2, 0.25) is 0 Å². The molecule has 2 aromatic carbocycles. The Morgan fingerprint density at radius 2 is 1.75 bits per heavy atom. The Labute approximate surface area is 144 Å². The third kappa shape index (κ3) is 6.84. The monoisotopic (exact) mass is 325 g/mol. The van der Waals surface area contributed by atoms with Crippen molar-refractivity contribution in [2.75, 3.05) is 25.1 Å². The minimum atomic E-state index is 0.448. The number of hydrogen-bond donors (Lipinski definition) is 2. The molecule has 128 valence electrons. The number of hydrogen-bond acceptors (Lipinski definition) is 2. The molecule has 0 saturated carbocycles. The van der Waals surface area contributed by atoms with Crippen molar-refractivity contribution in [3.63, 3.8) is 0 Å². The van der Waals surface area contributed by atoms with Crippen molar-refractivity contribution in [2.45, 2.75) is 26.7 Å². The van der Waals surface area contributed by atoms with Crippen molar-refractivity contribution >= 4 is 11.6 Å². The van der Waals surface area contributed by atoms with Gasteiger partial charge in [0.15, 0.2) is 5.96 Å². The Bertz CT molecular complexity index is 633. The molecule has 2 rings (SSSR count). The number of aryl methyl sites for hydroxylation is 2. The minimum absolute atomic E-state index is 0.448. The molecular weight excluding hydrogens is 298 g/mol. The highest BCUT2D eigenvalue weighted by Gasteiger charge is 1.98. The van der Waals surface area contributed by atoms with Gasteiger partial charge in [0.05, 0.1) is 6.61 Å². The first kappa shape index (κ1) is 18.0. The summed E-state index contributed by atoms with van der Waals surface area (Å²) in [6.07, 6.45) is 1.81. The fourth-order valence-electron chi connectivity index (χ4n) is 2.54. The molecule has 0 aliphatic carbocycles. The Balaban J connectivity index is 1.61. The van der Waals surface area contributed by atoms with Crippen molar-refractivity contribution in [1.82, 2.24) is 0 Å². The molecule has 0 unspecified atom stereocenters. The number of ether oxygens (including phenoxy) is 1. The summed E-state index contributed by atoms with van der Waals surface area (Å²) in [5, 5.41) is 3.13. The molecule has 4 heteroatoms. The van der Waals surface area contributed by atoms with Crippen LogP contribution in [0.4, 0.5) is 5.69 Å². The fraction of sp³-hybridized carbons (Fsp3) is 0.350.